The average molecular weight is 275 g/mol. The summed E-state index contributed by atoms with van der Waals surface area (Å²) in [6, 6.07) is 3.51. The van der Waals surface area contributed by atoms with Gasteiger partial charge >= 0.3 is 0 Å². The Balaban J connectivity index is 0.00000289. The fourth-order valence-electron chi connectivity index (χ4n) is 1.21. The van der Waals surface area contributed by atoms with Crippen LogP contribution < -0.4 is 16.8 Å². The number of carbonyl (C=O) groups is 1. The molecule has 0 aliphatic carbocycles. The Morgan fingerprint density at radius 2 is 2.17 bits per heavy atom. The number of hydrogen-bond donors (Lipinski definition) is 3. The second-order valence-corrected chi connectivity index (χ2v) is 3.64. The number of carbonyl (C=O) groups excluding carboxylic acids is 1. The third kappa shape index (κ3) is 3.86. The van der Waals surface area contributed by atoms with Crippen molar-refractivity contribution in [2.75, 3.05) is 12.3 Å². The van der Waals surface area contributed by atoms with E-state index in [0.29, 0.717) is 0 Å². The number of anilines is 1. The highest BCUT2D eigenvalue weighted by atomic mass is 35.5. The number of nitrogens with two attached hydrogens (primary N) is 2. The number of halogens is 1. The minimum atomic E-state index is -0.581. The fraction of sp³-hybridized carbons (Fsp3) is 0.300. The number of nitrogens with zero attached hydrogens (tertiary/aromatic N) is 1. The standard InChI is InChI=1S/C10H14N4O3.ClH/c1-6(5-11)13-10(15)8-4-7(14(16)17)2-3-9(8)12;/h2-4,6H,5,11-12H2,1H3,(H,13,15);1H/t6-;/m1./s1. The van der Waals surface area contributed by atoms with Crippen molar-refractivity contribution in [2.24, 2.45) is 5.73 Å². The molecule has 8 heteroatoms. The molecule has 1 atom stereocenters. The zero-order chi connectivity index (χ0) is 13.0. The molecule has 1 aromatic carbocycles. The molecule has 0 aliphatic heterocycles. The van der Waals surface area contributed by atoms with Gasteiger partial charge in [0.1, 0.15) is 0 Å². The van der Waals surface area contributed by atoms with E-state index in [1.807, 2.05) is 0 Å². The van der Waals surface area contributed by atoms with Crippen molar-refractivity contribution in [1.82, 2.24) is 5.32 Å². The lowest BCUT2D eigenvalue weighted by atomic mass is 10.1. The molecular weight excluding hydrogens is 260 g/mol. The number of nitrogens with one attached hydrogen (secondary N) is 1. The second kappa shape index (κ2) is 6.77. The molecule has 7 nitrogen and oxygen atoms in total. The number of nitro groups is 1. The van der Waals surface area contributed by atoms with Gasteiger partial charge in [-0.05, 0) is 13.0 Å². The number of nitrogen functional groups attached to an aromatic ring is 1. The molecule has 0 radical (unpaired) electrons. The van der Waals surface area contributed by atoms with Crippen molar-refractivity contribution >= 4 is 29.7 Å². The Labute approximate surface area is 110 Å². The van der Waals surface area contributed by atoms with Crippen LogP contribution in [-0.4, -0.2) is 23.4 Å². The third-order valence-electron chi connectivity index (χ3n) is 2.22. The van der Waals surface area contributed by atoms with Crippen LogP contribution in [0, 0.1) is 10.1 Å². The van der Waals surface area contributed by atoms with E-state index < -0.39 is 10.8 Å². The van der Waals surface area contributed by atoms with Gasteiger partial charge in [-0.1, -0.05) is 0 Å². The van der Waals surface area contributed by atoms with Gasteiger partial charge in [0.2, 0.25) is 0 Å². The maximum Gasteiger partial charge on any atom is 0.270 e. The van der Waals surface area contributed by atoms with Crippen molar-refractivity contribution < 1.29 is 9.72 Å². The van der Waals surface area contributed by atoms with Gasteiger partial charge in [0.05, 0.1) is 10.5 Å². The highest BCUT2D eigenvalue weighted by Gasteiger charge is 2.16. The van der Waals surface area contributed by atoms with E-state index >= 15 is 0 Å². The van der Waals surface area contributed by atoms with E-state index in [1.165, 1.54) is 12.1 Å². The SMILES string of the molecule is C[C@H](CN)NC(=O)c1cc([N+](=O)[O-])ccc1N.Cl. The highest BCUT2D eigenvalue weighted by molar-refractivity contribution is 5.99. The van der Waals surface area contributed by atoms with Crippen molar-refractivity contribution in [2.45, 2.75) is 13.0 Å². The van der Waals surface area contributed by atoms with Crippen molar-refractivity contribution in [3.8, 4) is 0 Å². The molecule has 18 heavy (non-hydrogen) atoms. The molecule has 0 bridgehead atoms. The molecule has 100 valence electrons. The van der Waals surface area contributed by atoms with Gasteiger partial charge in [0.25, 0.3) is 11.6 Å². The Bertz CT molecular complexity index is 453. The topological polar surface area (TPSA) is 124 Å². The number of hydrogen-bond acceptors (Lipinski definition) is 5. The number of nitro benzene ring substituents is 1. The molecule has 0 aliphatic rings. The van der Waals surface area contributed by atoms with E-state index in [-0.39, 0.29) is 41.9 Å². The lowest BCUT2D eigenvalue weighted by Crippen LogP contribution is -2.38. The van der Waals surface area contributed by atoms with Crippen LogP contribution in [0.3, 0.4) is 0 Å². The van der Waals surface area contributed by atoms with E-state index in [4.69, 9.17) is 11.5 Å². The van der Waals surface area contributed by atoms with Crippen molar-refractivity contribution in [3.63, 3.8) is 0 Å². The average Bonchev–Trinajstić information content (AvgIpc) is 2.28. The summed E-state index contributed by atoms with van der Waals surface area (Å²) in [5.41, 5.74) is 11.1. The van der Waals surface area contributed by atoms with Crippen LogP contribution in [0.4, 0.5) is 11.4 Å². The minimum absolute atomic E-state index is 0. The largest absolute Gasteiger partial charge is 0.398 e. The van der Waals surface area contributed by atoms with Gasteiger partial charge in [-0.25, -0.2) is 0 Å². The van der Waals surface area contributed by atoms with Crippen molar-refractivity contribution in [3.05, 3.63) is 33.9 Å². The maximum atomic E-state index is 11.7. The monoisotopic (exact) mass is 274 g/mol. The lowest BCUT2D eigenvalue weighted by Gasteiger charge is -2.12. The molecule has 0 spiro atoms. The van der Waals surface area contributed by atoms with Gasteiger partial charge in [-0.2, -0.15) is 0 Å². The van der Waals surface area contributed by atoms with Crippen LogP contribution in [0.5, 0.6) is 0 Å². The van der Waals surface area contributed by atoms with E-state index in [9.17, 15) is 14.9 Å². The minimum Gasteiger partial charge on any atom is -0.398 e. The molecule has 0 heterocycles. The van der Waals surface area contributed by atoms with Crippen LogP contribution >= 0.6 is 12.4 Å². The molecule has 5 N–H and O–H groups in total. The first kappa shape index (κ1) is 16.1. The number of non-ortho nitro benzene ring substituents is 1. The molecule has 0 saturated heterocycles. The van der Waals surface area contributed by atoms with Gasteiger partial charge in [0.15, 0.2) is 0 Å². The van der Waals surface area contributed by atoms with Crippen LogP contribution in [0.2, 0.25) is 0 Å². The normalized spacial score (nSPS) is 11.2. The van der Waals surface area contributed by atoms with E-state index in [2.05, 4.69) is 5.32 Å². The predicted octanol–water partition coefficient (Wildman–Crippen LogP) is 0.676. The Kier molecular flexibility index (Phi) is 6.07. The zero-order valence-corrected chi connectivity index (χ0v) is 10.6. The van der Waals surface area contributed by atoms with Crippen LogP contribution in [0.15, 0.2) is 18.2 Å². The number of amides is 1. The smallest absolute Gasteiger partial charge is 0.270 e. The molecule has 0 saturated carbocycles. The van der Waals surface area contributed by atoms with E-state index in [0.717, 1.165) is 6.07 Å². The molecule has 1 amide bonds. The second-order valence-electron chi connectivity index (χ2n) is 3.64. The van der Waals surface area contributed by atoms with Gasteiger partial charge in [-0.3, -0.25) is 14.9 Å². The fourth-order valence-corrected chi connectivity index (χ4v) is 1.21. The van der Waals surface area contributed by atoms with Gasteiger partial charge in [0, 0.05) is 30.4 Å². The molecule has 1 aromatic rings. The summed E-state index contributed by atoms with van der Waals surface area (Å²) in [4.78, 5) is 21.7. The molecule has 0 unspecified atom stereocenters. The van der Waals surface area contributed by atoms with Crippen LogP contribution in [0.1, 0.15) is 17.3 Å². The summed E-state index contributed by atoms with van der Waals surface area (Å²) in [6.45, 7) is 2.01. The molecular formula is C10H15ClN4O3. The lowest BCUT2D eigenvalue weighted by molar-refractivity contribution is -0.384. The summed E-state index contributed by atoms with van der Waals surface area (Å²) in [7, 11) is 0. The van der Waals surface area contributed by atoms with Crippen LogP contribution in [0.25, 0.3) is 0 Å². The highest BCUT2D eigenvalue weighted by Crippen LogP contribution is 2.19. The Morgan fingerprint density at radius 1 is 1.56 bits per heavy atom. The maximum absolute atomic E-state index is 11.7. The first-order valence-corrected chi connectivity index (χ1v) is 5.00. The summed E-state index contributed by atoms with van der Waals surface area (Å²) in [6.07, 6.45) is 0. The van der Waals surface area contributed by atoms with Gasteiger partial charge in [-0.15, -0.1) is 12.4 Å². The van der Waals surface area contributed by atoms with Crippen LogP contribution in [-0.2, 0) is 0 Å². The zero-order valence-electron chi connectivity index (χ0n) is 9.75. The van der Waals surface area contributed by atoms with Crippen molar-refractivity contribution in [1.29, 1.82) is 0 Å². The summed E-state index contributed by atoms with van der Waals surface area (Å²) < 4.78 is 0. The summed E-state index contributed by atoms with van der Waals surface area (Å²) >= 11 is 0. The molecule has 1 rings (SSSR count). The Hall–Kier alpha value is -1.86. The quantitative estimate of drug-likeness (QED) is 0.423. The third-order valence-corrected chi connectivity index (χ3v) is 2.22. The summed E-state index contributed by atoms with van der Waals surface area (Å²) in [5, 5.41) is 13.2. The Morgan fingerprint density at radius 3 is 2.67 bits per heavy atom. The van der Waals surface area contributed by atoms with Gasteiger partial charge < -0.3 is 16.8 Å². The number of rotatable bonds is 4. The van der Waals surface area contributed by atoms with E-state index in [1.54, 1.807) is 6.92 Å². The first-order chi connectivity index (χ1) is 7.95. The predicted molar refractivity (Wildman–Crippen MR) is 70.7 cm³/mol. The first-order valence-electron chi connectivity index (χ1n) is 5.00. The molecule has 0 aromatic heterocycles. The number of benzene rings is 1. The molecule has 0 fully saturated rings. The summed E-state index contributed by atoms with van der Waals surface area (Å²) in [5.74, 6) is -0.468.